The molecule has 0 radical (unpaired) electrons. The van der Waals surface area contributed by atoms with Gasteiger partial charge in [0.25, 0.3) is 5.91 Å². The summed E-state index contributed by atoms with van der Waals surface area (Å²) in [4.78, 5) is 24.0. The topological polar surface area (TPSA) is 71.3 Å². The van der Waals surface area contributed by atoms with Gasteiger partial charge in [0.05, 0.1) is 11.4 Å². The van der Waals surface area contributed by atoms with E-state index in [1.807, 2.05) is 50.2 Å². The first-order chi connectivity index (χ1) is 11.4. The van der Waals surface area contributed by atoms with Crippen molar-refractivity contribution in [2.24, 2.45) is 0 Å². The molecule has 0 unspecified atom stereocenters. The standard InChI is InChI=1S/C19H18N2O3/c1-11-8-12(2)18(20-13(3)22)15(9-11)21-19(23)17-10-14-6-4-5-7-16(14)24-17/h4-10H,1-3H3,(H,20,22)(H,21,23). The van der Waals surface area contributed by atoms with E-state index in [1.54, 1.807) is 6.07 Å². The normalized spacial score (nSPS) is 10.6. The Labute approximate surface area is 139 Å². The van der Waals surface area contributed by atoms with Gasteiger partial charge in [-0.05, 0) is 43.2 Å². The van der Waals surface area contributed by atoms with Crippen molar-refractivity contribution in [2.45, 2.75) is 20.8 Å². The molecule has 5 nitrogen and oxygen atoms in total. The third kappa shape index (κ3) is 3.15. The molecule has 2 aromatic carbocycles. The van der Waals surface area contributed by atoms with Crippen molar-refractivity contribution in [1.82, 2.24) is 0 Å². The fourth-order valence-electron chi connectivity index (χ4n) is 2.69. The lowest BCUT2D eigenvalue weighted by atomic mass is 10.1. The lowest BCUT2D eigenvalue weighted by molar-refractivity contribution is -0.114. The van der Waals surface area contributed by atoms with Crippen LogP contribution in [0.2, 0.25) is 0 Å². The summed E-state index contributed by atoms with van der Waals surface area (Å²) in [5.74, 6) is -0.326. The molecular weight excluding hydrogens is 304 g/mol. The van der Waals surface area contributed by atoms with Gasteiger partial charge in [-0.2, -0.15) is 0 Å². The predicted molar refractivity (Wildman–Crippen MR) is 94.4 cm³/mol. The number of anilines is 2. The van der Waals surface area contributed by atoms with Gasteiger partial charge in [-0.1, -0.05) is 24.3 Å². The Morgan fingerprint density at radius 2 is 1.75 bits per heavy atom. The highest BCUT2D eigenvalue weighted by Gasteiger charge is 2.16. The van der Waals surface area contributed by atoms with Crippen molar-refractivity contribution in [3.8, 4) is 0 Å². The minimum Gasteiger partial charge on any atom is -0.451 e. The average molecular weight is 322 g/mol. The van der Waals surface area contributed by atoms with E-state index in [0.717, 1.165) is 16.5 Å². The molecule has 2 amide bonds. The summed E-state index contributed by atoms with van der Waals surface area (Å²) >= 11 is 0. The first kappa shape index (κ1) is 15.8. The lowest BCUT2D eigenvalue weighted by Crippen LogP contribution is -2.15. The van der Waals surface area contributed by atoms with Gasteiger partial charge in [-0.3, -0.25) is 9.59 Å². The summed E-state index contributed by atoms with van der Waals surface area (Å²) in [7, 11) is 0. The Morgan fingerprint density at radius 3 is 2.46 bits per heavy atom. The first-order valence-electron chi connectivity index (χ1n) is 7.63. The van der Waals surface area contributed by atoms with Gasteiger partial charge < -0.3 is 15.1 Å². The maximum Gasteiger partial charge on any atom is 0.291 e. The van der Waals surface area contributed by atoms with Gasteiger partial charge in [0, 0.05) is 12.3 Å². The number of carbonyl (C=O) groups is 2. The van der Waals surface area contributed by atoms with Gasteiger partial charge in [0.1, 0.15) is 5.58 Å². The minimum atomic E-state index is -0.359. The van der Waals surface area contributed by atoms with Crippen LogP contribution in [0.25, 0.3) is 11.0 Å². The Balaban J connectivity index is 1.94. The van der Waals surface area contributed by atoms with Crippen LogP contribution in [-0.2, 0) is 4.79 Å². The summed E-state index contributed by atoms with van der Waals surface area (Å²) in [5, 5.41) is 6.46. The van der Waals surface area contributed by atoms with E-state index in [0.29, 0.717) is 17.0 Å². The van der Waals surface area contributed by atoms with Crippen LogP contribution in [0.5, 0.6) is 0 Å². The number of amides is 2. The molecule has 3 aromatic rings. The average Bonchev–Trinajstić information content (AvgIpc) is 2.94. The number of hydrogen-bond donors (Lipinski definition) is 2. The highest BCUT2D eigenvalue weighted by Crippen LogP contribution is 2.29. The highest BCUT2D eigenvalue weighted by atomic mass is 16.3. The van der Waals surface area contributed by atoms with E-state index in [4.69, 9.17) is 4.42 Å². The largest absolute Gasteiger partial charge is 0.451 e. The molecular formula is C19H18N2O3. The smallest absolute Gasteiger partial charge is 0.291 e. The summed E-state index contributed by atoms with van der Waals surface area (Å²) in [5.41, 5.74) is 3.67. The minimum absolute atomic E-state index is 0.193. The summed E-state index contributed by atoms with van der Waals surface area (Å²) in [6.45, 7) is 5.25. The number of fused-ring (bicyclic) bond motifs is 1. The summed E-state index contributed by atoms with van der Waals surface area (Å²) in [6.07, 6.45) is 0. The number of hydrogen-bond acceptors (Lipinski definition) is 3. The van der Waals surface area contributed by atoms with Gasteiger partial charge in [-0.25, -0.2) is 0 Å². The molecule has 1 aromatic heterocycles. The molecule has 0 aliphatic heterocycles. The third-order valence-corrected chi connectivity index (χ3v) is 3.68. The second-order valence-corrected chi connectivity index (χ2v) is 5.79. The molecule has 0 spiro atoms. The van der Waals surface area contributed by atoms with Crippen molar-refractivity contribution in [2.75, 3.05) is 10.6 Å². The van der Waals surface area contributed by atoms with Gasteiger partial charge in [0.2, 0.25) is 5.91 Å². The molecule has 0 aliphatic rings. The molecule has 0 atom stereocenters. The van der Waals surface area contributed by atoms with Crippen molar-refractivity contribution < 1.29 is 14.0 Å². The van der Waals surface area contributed by atoms with Crippen LogP contribution < -0.4 is 10.6 Å². The van der Waals surface area contributed by atoms with E-state index >= 15 is 0 Å². The Kier molecular flexibility index (Phi) is 4.08. The molecule has 5 heteroatoms. The van der Waals surface area contributed by atoms with Crippen molar-refractivity contribution in [1.29, 1.82) is 0 Å². The quantitative estimate of drug-likeness (QED) is 0.757. The Morgan fingerprint density at radius 1 is 1.00 bits per heavy atom. The summed E-state index contributed by atoms with van der Waals surface area (Å²) in [6, 6.07) is 12.9. The number of para-hydroxylation sites is 1. The second kappa shape index (κ2) is 6.20. The van der Waals surface area contributed by atoms with E-state index in [1.165, 1.54) is 6.92 Å². The molecule has 0 bridgehead atoms. The molecule has 122 valence electrons. The number of aryl methyl sites for hydroxylation is 2. The van der Waals surface area contributed by atoms with Crippen molar-refractivity contribution >= 4 is 34.2 Å². The van der Waals surface area contributed by atoms with E-state index in [-0.39, 0.29) is 17.6 Å². The molecule has 0 fully saturated rings. The monoisotopic (exact) mass is 322 g/mol. The van der Waals surface area contributed by atoms with Gasteiger partial charge in [0.15, 0.2) is 5.76 Å². The van der Waals surface area contributed by atoms with Crippen LogP contribution in [0.15, 0.2) is 46.9 Å². The molecule has 3 rings (SSSR count). The Hall–Kier alpha value is -3.08. The van der Waals surface area contributed by atoms with E-state index in [2.05, 4.69) is 10.6 Å². The van der Waals surface area contributed by atoms with Crippen LogP contribution in [0.3, 0.4) is 0 Å². The Bertz CT molecular complexity index is 908. The molecule has 24 heavy (non-hydrogen) atoms. The van der Waals surface area contributed by atoms with Crippen LogP contribution in [0, 0.1) is 13.8 Å². The number of nitrogens with one attached hydrogen (secondary N) is 2. The maximum atomic E-state index is 12.5. The van der Waals surface area contributed by atoms with Gasteiger partial charge in [-0.15, -0.1) is 0 Å². The van der Waals surface area contributed by atoms with E-state index in [9.17, 15) is 9.59 Å². The zero-order valence-corrected chi connectivity index (χ0v) is 13.8. The third-order valence-electron chi connectivity index (χ3n) is 3.68. The molecule has 1 heterocycles. The number of rotatable bonds is 3. The molecule has 0 aliphatic carbocycles. The van der Waals surface area contributed by atoms with E-state index < -0.39 is 0 Å². The zero-order chi connectivity index (χ0) is 17.3. The molecule has 0 saturated carbocycles. The lowest BCUT2D eigenvalue weighted by Gasteiger charge is -2.14. The van der Waals surface area contributed by atoms with Crippen molar-refractivity contribution in [3.05, 3.63) is 59.4 Å². The zero-order valence-electron chi connectivity index (χ0n) is 13.8. The number of benzene rings is 2. The predicted octanol–water partition coefficient (Wildman–Crippen LogP) is 4.26. The SMILES string of the molecule is CC(=O)Nc1c(C)cc(C)cc1NC(=O)c1cc2ccccc2o1. The molecule has 0 saturated heterocycles. The van der Waals surface area contributed by atoms with Crippen LogP contribution in [-0.4, -0.2) is 11.8 Å². The van der Waals surface area contributed by atoms with Crippen LogP contribution >= 0.6 is 0 Å². The first-order valence-corrected chi connectivity index (χ1v) is 7.63. The molecule has 2 N–H and O–H groups in total. The highest BCUT2D eigenvalue weighted by molar-refractivity contribution is 6.07. The second-order valence-electron chi connectivity index (χ2n) is 5.79. The fourth-order valence-corrected chi connectivity index (χ4v) is 2.69. The van der Waals surface area contributed by atoms with Crippen LogP contribution in [0.1, 0.15) is 28.6 Å². The van der Waals surface area contributed by atoms with Crippen LogP contribution in [0.4, 0.5) is 11.4 Å². The summed E-state index contributed by atoms with van der Waals surface area (Å²) < 4.78 is 5.58. The maximum absolute atomic E-state index is 12.5. The fraction of sp³-hybridized carbons (Fsp3) is 0.158. The number of furan rings is 1. The van der Waals surface area contributed by atoms with Crippen molar-refractivity contribution in [3.63, 3.8) is 0 Å². The number of carbonyl (C=O) groups excluding carboxylic acids is 2. The van der Waals surface area contributed by atoms with Gasteiger partial charge >= 0.3 is 0 Å².